The minimum atomic E-state index is -1.17. The van der Waals surface area contributed by atoms with Gasteiger partial charge in [-0.3, -0.25) is 14.9 Å². The lowest BCUT2D eigenvalue weighted by Crippen LogP contribution is -2.23. The molecule has 0 saturated heterocycles. The minimum absolute atomic E-state index is 0.164. The van der Waals surface area contributed by atoms with Crippen LogP contribution in [-0.4, -0.2) is 26.9 Å². The fourth-order valence-electron chi connectivity index (χ4n) is 2.59. The molecule has 2 aromatic carbocycles. The van der Waals surface area contributed by atoms with E-state index >= 15 is 0 Å². The van der Waals surface area contributed by atoms with Gasteiger partial charge in [0.25, 0.3) is 5.56 Å². The highest BCUT2D eigenvalue weighted by Crippen LogP contribution is 2.17. The highest BCUT2D eigenvalue weighted by atomic mass is 16.4. The number of anilines is 1. The summed E-state index contributed by atoms with van der Waals surface area (Å²) in [5, 5.41) is 15.4. The second-order valence-electron chi connectivity index (χ2n) is 5.79. The van der Waals surface area contributed by atoms with E-state index < -0.39 is 12.0 Å². The summed E-state index contributed by atoms with van der Waals surface area (Å²) < 4.78 is 1.27. The first kappa shape index (κ1) is 17.9. The molecule has 0 saturated carbocycles. The summed E-state index contributed by atoms with van der Waals surface area (Å²) in [5.74, 6) is -0.548. The smallest absolute Gasteiger partial charge is 0.409 e. The minimum Gasteiger partial charge on any atom is -0.465 e. The Morgan fingerprint density at radius 2 is 1.85 bits per heavy atom. The second-order valence-corrected chi connectivity index (χ2v) is 5.79. The Balaban J connectivity index is 1.93. The van der Waals surface area contributed by atoms with Crippen molar-refractivity contribution in [3.05, 3.63) is 82.1 Å². The maximum Gasteiger partial charge on any atom is 0.409 e. The molecule has 0 fully saturated rings. The number of benzene rings is 2. The van der Waals surface area contributed by atoms with Gasteiger partial charge in [-0.25, -0.2) is 9.48 Å². The van der Waals surface area contributed by atoms with Gasteiger partial charge >= 0.3 is 6.09 Å². The molecule has 0 bridgehead atoms. The summed E-state index contributed by atoms with van der Waals surface area (Å²) >= 11 is 0. The lowest BCUT2D eigenvalue weighted by atomic mass is 10.1. The first-order chi connectivity index (χ1) is 12.9. The van der Waals surface area contributed by atoms with E-state index in [1.807, 2.05) is 0 Å². The highest BCUT2D eigenvalue weighted by Gasteiger charge is 2.08. The van der Waals surface area contributed by atoms with E-state index in [0.717, 1.165) is 0 Å². The van der Waals surface area contributed by atoms with Crippen molar-refractivity contribution in [2.24, 2.45) is 5.73 Å². The lowest BCUT2D eigenvalue weighted by molar-refractivity contribution is 0.1000. The quantitative estimate of drug-likeness (QED) is 0.639. The molecule has 2 amide bonds. The van der Waals surface area contributed by atoms with Gasteiger partial charge in [0.15, 0.2) is 0 Å². The summed E-state index contributed by atoms with van der Waals surface area (Å²) in [6.07, 6.45) is -1.17. The molecule has 0 aliphatic rings. The Kier molecular flexibility index (Phi) is 4.98. The fourth-order valence-corrected chi connectivity index (χ4v) is 2.59. The van der Waals surface area contributed by atoms with Gasteiger partial charge in [-0.05, 0) is 35.9 Å². The number of nitrogens with two attached hydrogens (primary N) is 1. The summed E-state index contributed by atoms with van der Waals surface area (Å²) in [7, 11) is 0. The molecule has 27 heavy (non-hydrogen) atoms. The molecule has 136 valence electrons. The number of rotatable bonds is 5. The number of primary amides is 1. The average Bonchev–Trinajstić information content (AvgIpc) is 2.63. The van der Waals surface area contributed by atoms with Gasteiger partial charge < -0.3 is 10.8 Å². The van der Waals surface area contributed by atoms with Crippen LogP contribution in [0.3, 0.4) is 0 Å². The van der Waals surface area contributed by atoms with Crippen molar-refractivity contribution in [1.29, 1.82) is 0 Å². The third-order valence-corrected chi connectivity index (χ3v) is 3.82. The van der Waals surface area contributed by atoms with Gasteiger partial charge in [0, 0.05) is 22.9 Å². The molecule has 1 heterocycles. The van der Waals surface area contributed by atoms with Crippen LogP contribution in [-0.2, 0) is 6.54 Å². The Hall–Kier alpha value is -3.94. The van der Waals surface area contributed by atoms with Crippen molar-refractivity contribution >= 4 is 17.7 Å². The average molecular weight is 364 g/mol. The number of nitrogens with zero attached hydrogens (tertiary/aromatic N) is 2. The predicted octanol–water partition coefficient (Wildman–Crippen LogP) is 2.15. The van der Waals surface area contributed by atoms with E-state index in [1.54, 1.807) is 54.6 Å². The van der Waals surface area contributed by atoms with E-state index in [4.69, 9.17) is 10.8 Å². The molecule has 8 nitrogen and oxygen atoms in total. The summed E-state index contributed by atoms with van der Waals surface area (Å²) in [6.45, 7) is 0.164. The monoisotopic (exact) mass is 364 g/mol. The molecular formula is C19H16N4O4. The number of carbonyl (C=O) groups excluding carboxylic acids is 1. The molecule has 8 heteroatoms. The van der Waals surface area contributed by atoms with Crippen molar-refractivity contribution in [2.75, 3.05) is 5.32 Å². The van der Waals surface area contributed by atoms with Crippen LogP contribution in [0.25, 0.3) is 11.3 Å². The molecule has 3 rings (SSSR count). The van der Waals surface area contributed by atoms with Crippen LogP contribution >= 0.6 is 0 Å². The van der Waals surface area contributed by atoms with Crippen molar-refractivity contribution in [3.8, 4) is 11.3 Å². The third-order valence-electron chi connectivity index (χ3n) is 3.82. The molecule has 0 spiro atoms. The van der Waals surface area contributed by atoms with Crippen LogP contribution in [0.2, 0.25) is 0 Å². The molecule has 0 atom stereocenters. The number of amides is 2. The topological polar surface area (TPSA) is 127 Å². The molecule has 0 aliphatic heterocycles. The largest absolute Gasteiger partial charge is 0.465 e. The number of nitrogens with one attached hydrogen (secondary N) is 1. The second kappa shape index (κ2) is 7.52. The number of carbonyl (C=O) groups is 2. The Bertz CT molecular complexity index is 1080. The normalized spacial score (nSPS) is 10.4. The highest BCUT2D eigenvalue weighted by molar-refractivity contribution is 5.93. The lowest BCUT2D eigenvalue weighted by Gasteiger charge is -2.09. The van der Waals surface area contributed by atoms with Crippen molar-refractivity contribution in [3.63, 3.8) is 0 Å². The van der Waals surface area contributed by atoms with E-state index in [0.29, 0.717) is 28.1 Å². The van der Waals surface area contributed by atoms with Crippen molar-refractivity contribution in [1.82, 2.24) is 9.78 Å². The van der Waals surface area contributed by atoms with Gasteiger partial charge in [0.2, 0.25) is 5.91 Å². The molecule has 0 radical (unpaired) electrons. The summed E-state index contributed by atoms with van der Waals surface area (Å²) in [5.41, 5.74) is 7.62. The molecule has 4 N–H and O–H groups in total. The maximum atomic E-state index is 12.2. The number of hydrogen-bond donors (Lipinski definition) is 3. The van der Waals surface area contributed by atoms with Crippen molar-refractivity contribution in [2.45, 2.75) is 6.54 Å². The molecule has 0 unspecified atom stereocenters. The first-order valence-electron chi connectivity index (χ1n) is 8.00. The van der Waals surface area contributed by atoms with E-state index in [2.05, 4.69) is 10.4 Å². The standard InChI is InChI=1S/C19H16N4O4/c20-18(25)14-5-2-4-13(10-14)16-7-8-17(24)23(22-16)11-12-3-1-6-15(9-12)21-19(26)27/h1-10,21H,11H2,(H2,20,25)(H,26,27). The van der Waals surface area contributed by atoms with Crippen LogP contribution in [0.4, 0.5) is 10.5 Å². The zero-order valence-electron chi connectivity index (χ0n) is 14.1. The van der Waals surface area contributed by atoms with Gasteiger partial charge in [-0.15, -0.1) is 0 Å². The first-order valence-corrected chi connectivity index (χ1v) is 8.00. The Labute approximate surface area is 153 Å². The van der Waals surface area contributed by atoms with E-state index in [-0.39, 0.29) is 12.1 Å². The Morgan fingerprint density at radius 1 is 1.07 bits per heavy atom. The van der Waals surface area contributed by atoms with Crippen LogP contribution in [0.1, 0.15) is 15.9 Å². The van der Waals surface area contributed by atoms with Gasteiger partial charge in [-0.1, -0.05) is 24.3 Å². The van der Waals surface area contributed by atoms with Gasteiger partial charge in [0.1, 0.15) is 0 Å². The molecule has 3 aromatic rings. The summed E-state index contributed by atoms with van der Waals surface area (Å²) in [4.78, 5) is 34.3. The van der Waals surface area contributed by atoms with Crippen LogP contribution in [0.5, 0.6) is 0 Å². The van der Waals surface area contributed by atoms with Crippen LogP contribution in [0.15, 0.2) is 65.5 Å². The van der Waals surface area contributed by atoms with Gasteiger partial charge in [-0.2, -0.15) is 5.10 Å². The molecule has 0 aliphatic carbocycles. The SMILES string of the molecule is NC(=O)c1cccc(-c2ccc(=O)n(Cc3cccc(NC(=O)O)c3)n2)c1. The number of aromatic nitrogens is 2. The van der Waals surface area contributed by atoms with Crippen LogP contribution in [0, 0.1) is 0 Å². The van der Waals surface area contributed by atoms with Crippen molar-refractivity contribution < 1.29 is 14.7 Å². The Morgan fingerprint density at radius 3 is 2.59 bits per heavy atom. The zero-order valence-corrected chi connectivity index (χ0v) is 14.1. The fraction of sp³-hybridized carbons (Fsp3) is 0.0526. The molecular weight excluding hydrogens is 348 g/mol. The number of hydrogen-bond acceptors (Lipinski definition) is 4. The predicted molar refractivity (Wildman–Crippen MR) is 99.6 cm³/mol. The summed E-state index contributed by atoms with van der Waals surface area (Å²) in [6, 6.07) is 16.3. The van der Waals surface area contributed by atoms with Gasteiger partial charge in [0.05, 0.1) is 12.2 Å². The molecule has 1 aromatic heterocycles. The van der Waals surface area contributed by atoms with E-state index in [9.17, 15) is 14.4 Å². The zero-order chi connectivity index (χ0) is 19.4. The maximum absolute atomic E-state index is 12.2. The van der Waals surface area contributed by atoms with Crippen LogP contribution < -0.4 is 16.6 Å². The third kappa shape index (κ3) is 4.37. The van der Waals surface area contributed by atoms with E-state index in [1.165, 1.54) is 10.7 Å². The number of carboxylic acid groups (broad SMARTS) is 1.